The Labute approximate surface area is 201 Å². The summed E-state index contributed by atoms with van der Waals surface area (Å²) in [6.45, 7) is 1.85. The van der Waals surface area contributed by atoms with Crippen LogP contribution in [0.5, 0.6) is 0 Å². The molecule has 0 bridgehead atoms. The van der Waals surface area contributed by atoms with Crippen LogP contribution in [0.1, 0.15) is 56.0 Å². The second-order valence-corrected chi connectivity index (χ2v) is 10.1. The Kier molecular flexibility index (Phi) is 5.60. The van der Waals surface area contributed by atoms with E-state index in [1.54, 1.807) is 17.5 Å². The van der Waals surface area contributed by atoms with Gasteiger partial charge in [0, 0.05) is 35.3 Å². The first kappa shape index (κ1) is 21.4. The van der Waals surface area contributed by atoms with Crippen LogP contribution in [-0.2, 0) is 4.79 Å². The van der Waals surface area contributed by atoms with Crippen molar-refractivity contribution in [3.05, 3.63) is 59.6 Å². The normalized spacial score (nSPS) is 24.3. The van der Waals surface area contributed by atoms with Crippen LogP contribution in [0, 0.1) is 5.92 Å². The first-order valence-corrected chi connectivity index (χ1v) is 12.7. The van der Waals surface area contributed by atoms with Crippen molar-refractivity contribution >= 4 is 34.1 Å². The fourth-order valence-electron chi connectivity index (χ4n) is 5.34. The first-order valence-electron chi connectivity index (χ1n) is 11.8. The predicted molar refractivity (Wildman–Crippen MR) is 133 cm³/mol. The van der Waals surface area contributed by atoms with Crippen LogP contribution in [0.25, 0.3) is 21.6 Å². The topological polar surface area (TPSA) is 108 Å². The maximum Gasteiger partial charge on any atom is 0.224 e. The molecule has 4 atom stereocenters. The molecule has 2 aliphatic rings. The van der Waals surface area contributed by atoms with E-state index in [1.165, 1.54) is 10.4 Å². The molecule has 5 heterocycles. The summed E-state index contributed by atoms with van der Waals surface area (Å²) in [5, 5.41) is 5.03. The van der Waals surface area contributed by atoms with Crippen molar-refractivity contribution in [1.29, 1.82) is 0 Å². The van der Waals surface area contributed by atoms with E-state index in [-0.39, 0.29) is 11.9 Å². The first-order chi connectivity index (χ1) is 16.7. The van der Waals surface area contributed by atoms with E-state index in [0.29, 0.717) is 24.3 Å². The van der Waals surface area contributed by atoms with Crippen molar-refractivity contribution in [2.45, 2.75) is 50.6 Å². The SMILES string of the molecule is CCC(=O)Nc1cncc(C2CCC3NNC(c4nc5nccc(-c6cccs6)c5[nH]4)C3C2)c1. The standard InChI is InChI=1S/C25H27N7OS/c1-2-21(33)28-16-10-15(12-26-13-16)14-5-6-19-18(11-14)23(32-31-19)25-29-22-17(20-4-3-9-34-20)7-8-27-24(22)30-25/h3-4,7-10,12-14,18-19,23,31-32H,2,5-6,11H2,1H3,(H,28,33)(H,27,29,30). The number of aromatic amines is 1. The smallest absolute Gasteiger partial charge is 0.224 e. The number of imidazole rings is 1. The van der Waals surface area contributed by atoms with Crippen LogP contribution in [0.3, 0.4) is 0 Å². The third-order valence-corrected chi connectivity index (χ3v) is 7.98. The van der Waals surface area contributed by atoms with Gasteiger partial charge in [-0.2, -0.15) is 0 Å². The monoisotopic (exact) mass is 473 g/mol. The zero-order chi connectivity index (χ0) is 23.1. The number of nitrogens with zero attached hydrogens (tertiary/aromatic N) is 3. The fourth-order valence-corrected chi connectivity index (χ4v) is 6.10. The molecule has 1 aliphatic heterocycles. The Morgan fingerprint density at radius 1 is 1.24 bits per heavy atom. The van der Waals surface area contributed by atoms with Crippen LogP contribution in [0.2, 0.25) is 0 Å². The maximum absolute atomic E-state index is 11.8. The molecule has 34 heavy (non-hydrogen) atoms. The minimum absolute atomic E-state index is 0.00679. The van der Waals surface area contributed by atoms with Crippen molar-refractivity contribution < 1.29 is 4.79 Å². The lowest BCUT2D eigenvalue weighted by Gasteiger charge is -2.33. The molecule has 1 saturated heterocycles. The number of thiophene rings is 1. The number of fused-ring (bicyclic) bond motifs is 2. The van der Waals surface area contributed by atoms with Gasteiger partial charge in [-0.15, -0.1) is 11.3 Å². The largest absolute Gasteiger partial charge is 0.339 e. The highest BCUT2D eigenvalue weighted by Gasteiger charge is 2.42. The van der Waals surface area contributed by atoms with Gasteiger partial charge in [0.2, 0.25) is 5.91 Å². The lowest BCUT2D eigenvalue weighted by Crippen LogP contribution is -2.34. The molecule has 4 aromatic heterocycles. The van der Waals surface area contributed by atoms with E-state index in [2.05, 4.69) is 54.7 Å². The third kappa shape index (κ3) is 3.89. The number of nitrogens with one attached hydrogen (secondary N) is 4. The minimum atomic E-state index is 0.00679. The Morgan fingerprint density at radius 2 is 2.18 bits per heavy atom. The van der Waals surface area contributed by atoms with Crippen LogP contribution < -0.4 is 16.2 Å². The summed E-state index contributed by atoms with van der Waals surface area (Å²) < 4.78 is 0. The quantitative estimate of drug-likeness (QED) is 0.339. The van der Waals surface area contributed by atoms with Crippen LogP contribution in [0.4, 0.5) is 5.69 Å². The molecule has 1 amide bonds. The summed E-state index contributed by atoms with van der Waals surface area (Å²) in [5.41, 5.74) is 11.9. The number of amides is 1. The van der Waals surface area contributed by atoms with Crippen molar-refractivity contribution in [3.63, 3.8) is 0 Å². The van der Waals surface area contributed by atoms with E-state index in [9.17, 15) is 4.79 Å². The molecule has 1 saturated carbocycles. The summed E-state index contributed by atoms with van der Waals surface area (Å²) in [4.78, 5) is 30.4. The molecule has 8 nitrogen and oxygen atoms in total. The summed E-state index contributed by atoms with van der Waals surface area (Å²) in [6.07, 6.45) is 9.12. The number of hydrogen-bond acceptors (Lipinski definition) is 7. The third-order valence-electron chi connectivity index (χ3n) is 7.08. The van der Waals surface area contributed by atoms with Crippen molar-refractivity contribution in [1.82, 2.24) is 30.8 Å². The van der Waals surface area contributed by atoms with Crippen molar-refractivity contribution in [2.75, 3.05) is 5.32 Å². The zero-order valence-electron chi connectivity index (χ0n) is 18.9. The second-order valence-electron chi connectivity index (χ2n) is 9.11. The van der Waals surface area contributed by atoms with Gasteiger partial charge in [-0.05, 0) is 60.2 Å². The highest BCUT2D eigenvalue weighted by molar-refractivity contribution is 7.13. The molecule has 9 heteroatoms. The fraction of sp³-hybridized carbons (Fsp3) is 0.360. The van der Waals surface area contributed by atoms with E-state index >= 15 is 0 Å². The number of carbonyl (C=O) groups is 1. The van der Waals surface area contributed by atoms with Gasteiger partial charge in [0.1, 0.15) is 5.82 Å². The van der Waals surface area contributed by atoms with Gasteiger partial charge in [0.15, 0.2) is 5.65 Å². The van der Waals surface area contributed by atoms with E-state index < -0.39 is 0 Å². The molecule has 0 aromatic carbocycles. The van der Waals surface area contributed by atoms with Gasteiger partial charge in [-0.3, -0.25) is 15.2 Å². The van der Waals surface area contributed by atoms with Gasteiger partial charge in [-0.25, -0.2) is 15.4 Å². The number of carbonyl (C=O) groups excluding carboxylic acids is 1. The van der Waals surface area contributed by atoms with Crippen molar-refractivity contribution in [2.24, 2.45) is 5.92 Å². The number of hydrazine groups is 1. The molecule has 1 aliphatic carbocycles. The highest BCUT2D eigenvalue weighted by Crippen LogP contribution is 2.44. The molecule has 0 radical (unpaired) electrons. The van der Waals surface area contributed by atoms with E-state index in [0.717, 1.165) is 47.5 Å². The highest BCUT2D eigenvalue weighted by atomic mass is 32.1. The molecule has 4 aromatic rings. The summed E-state index contributed by atoms with van der Waals surface area (Å²) in [5.74, 6) is 1.71. The molecule has 4 unspecified atom stereocenters. The molecular weight excluding hydrogens is 446 g/mol. The lowest BCUT2D eigenvalue weighted by molar-refractivity contribution is -0.115. The maximum atomic E-state index is 11.8. The molecule has 0 spiro atoms. The van der Waals surface area contributed by atoms with E-state index in [4.69, 9.17) is 4.98 Å². The van der Waals surface area contributed by atoms with Crippen LogP contribution in [0.15, 0.2) is 48.2 Å². The number of pyridine rings is 2. The molecular formula is C25H27N7OS. The minimum Gasteiger partial charge on any atom is -0.339 e. The van der Waals surface area contributed by atoms with Crippen LogP contribution >= 0.6 is 11.3 Å². The lowest BCUT2D eigenvalue weighted by atomic mass is 9.73. The number of hydrogen-bond donors (Lipinski definition) is 4. The van der Waals surface area contributed by atoms with Crippen molar-refractivity contribution in [3.8, 4) is 10.4 Å². The Bertz CT molecular complexity index is 1320. The Balaban J connectivity index is 1.26. The number of aromatic nitrogens is 4. The van der Waals surface area contributed by atoms with E-state index in [1.807, 2.05) is 25.4 Å². The average molecular weight is 474 g/mol. The Hall–Kier alpha value is -3.14. The van der Waals surface area contributed by atoms with Crippen LogP contribution in [-0.4, -0.2) is 31.9 Å². The summed E-state index contributed by atoms with van der Waals surface area (Å²) in [7, 11) is 0. The zero-order valence-corrected chi connectivity index (χ0v) is 19.7. The second kappa shape index (κ2) is 8.90. The van der Waals surface area contributed by atoms with Gasteiger partial charge in [0.05, 0.1) is 23.4 Å². The van der Waals surface area contributed by atoms with Gasteiger partial charge in [-0.1, -0.05) is 13.0 Å². The average Bonchev–Trinajstić information content (AvgIpc) is 3.62. The molecule has 2 fully saturated rings. The number of rotatable bonds is 5. The summed E-state index contributed by atoms with van der Waals surface area (Å²) >= 11 is 1.72. The molecule has 4 N–H and O–H groups in total. The molecule has 6 rings (SSSR count). The number of H-pyrrole nitrogens is 1. The summed E-state index contributed by atoms with van der Waals surface area (Å²) in [6, 6.07) is 8.80. The predicted octanol–water partition coefficient (Wildman–Crippen LogP) is 4.53. The van der Waals surface area contributed by atoms with Gasteiger partial charge >= 0.3 is 0 Å². The Morgan fingerprint density at radius 3 is 3.03 bits per heavy atom. The van der Waals surface area contributed by atoms with Gasteiger partial charge < -0.3 is 10.3 Å². The van der Waals surface area contributed by atoms with Gasteiger partial charge in [0.25, 0.3) is 0 Å². The number of anilines is 1. The molecule has 174 valence electrons.